The summed E-state index contributed by atoms with van der Waals surface area (Å²) in [6.07, 6.45) is 1.53. The van der Waals surface area contributed by atoms with Crippen molar-refractivity contribution < 1.29 is 14.3 Å². The first-order chi connectivity index (χ1) is 8.98. The molecule has 1 fully saturated rings. The van der Waals surface area contributed by atoms with E-state index in [1.165, 1.54) is 6.20 Å². The number of nitrogens with zero attached hydrogens (tertiary/aromatic N) is 3. The van der Waals surface area contributed by atoms with Crippen LogP contribution in [0.3, 0.4) is 0 Å². The largest absolute Gasteiger partial charge is 0.461 e. The van der Waals surface area contributed by atoms with Gasteiger partial charge >= 0.3 is 5.97 Å². The Morgan fingerprint density at radius 3 is 2.84 bits per heavy atom. The van der Waals surface area contributed by atoms with Gasteiger partial charge in [-0.25, -0.2) is 14.8 Å². The number of esters is 1. The Morgan fingerprint density at radius 1 is 1.63 bits per heavy atom. The van der Waals surface area contributed by atoms with Crippen molar-refractivity contribution in [1.82, 2.24) is 9.97 Å². The van der Waals surface area contributed by atoms with E-state index in [4.69, 9.17) is 21.1 Å². The highest BCUT2D eigenvalue weighted by Gasteiger charge is 2.39. The van der Waals surface area contributed by atoms with Gasteiger partial charge in [-0.2, -0.15) is 0 Å². The molecule has 1 aromatic heterocycles. The van der Waals surface area contributed by atoms with Crippen molar-refractivity contribution in [3.63, 3.8) is 0 Å². The zero-order valence-electron chi connectivity index (χ0n) is 11.1. The van der Waals surface area contributed by atoms with Crippen molar-refractivity contribution in [2.24, 2.45) is 0 Å². The summed E-state index contributed by atoms with van der Waals surface area (Å²) in [6.45, 7) is 5.25. The van der Waals surface area contributed by atoms with E-state index in [9.17, 15) is 4.79 Å². The molecule has 104 valence electrons. The number of likely N-dealkylation sites (N-methyl/N-ethyl adjacent to an activating group) is 1. The van der Waals surface area contributed by atoms with Gasteiger partial charge < -0.3 is 14.4 Å². The Morgan fingerprint density at radius 2 is 2.32 bits per heavy atom. The fourth-order valence-electron chi connectivity index (χ4n) is 1.83. The number of rotatable bonds is 4. The van der Waals surface area contributed by atoms with E-state index < -0.39 is 5.97 Å². The number of aromatic nitrogens is 2. The van der Waals surface area contributed by atoms with Crippen LogP contribution in [0.1, 0.15) is 24.3 Å². The average molecular weight is 286 g/mol. The Bertz CT molecular complexity index is 491. The maximum atomic E-state index is 11.9. The first-order valence-corrected chi connectivity index (χ1v) is 6.37. The van der Waals surface area contributed by atoms with Gasteiger partial charge in [0, 0.05) is 7.05 Å². The second kappa shape index (κ2) is 5.30. The molecule has 0 bridgehead atoms. The van der Waals surface area contributed by atoms with Crippen LogP contribution in [0, 0.1) is 0 Å². The van der Waals surface area contributed by atoms with Gasteiger partial charge in [-0.15, -0.1) is 0 Å². The molecule has 0 unspecified atom stereocenters. The zero-order valence-corrected chi connectivity index (χ0v) is 11.9. The summed E-state index contributed by atoms with van der Waals surface area (Å²) < 4.78 is 10.2. The van der Waals surface area contributed by atoms with Crippen molar-refractivity contribution in [2.45, 2.75) is 19.4 Å². The Kier molecular flexibility index (Phi) is 3.91. The maximum Gasteiger partial charge on any atom is 0.359 e. The molecular weight excluding hydrogens is 270 g/mol. The van der Waals surface area contributed by atoms with E-state index in [-0.39, 0.29) is 23.1 Å². The van der Waals surface area contributed by atoms with Gasteiger partial charge in [0.15, 0.2) is 5.69 Å². The minimum Gasteiger partial charge on any atom is -0.461 e. The lowest BCUT2D eigenvalue weighted by atomic mass is 9.97. The summed E-state index contributed by atoms with van der Waals surface area (Å²) in [5, 5.41) is 0.0233. The molecule has 0 aliphatic carbocycles. The van der Waals surface area contributed by atoms with E-state index in [1.807, 2.05) is 18.9 Å². The summed E-state index contributed by atoms with van der Waals surface area (Å²) in [5.41, 5.74) is 0.601. The summed E-state index contributed by atoms with van der Waals surface area (Å²) >= 11 is 5.75. The first-order valence-electron chi connectivity index (χ1n) is 5.99. The Balaban J connectivity index is 2.36. The molecule has 0 N–H and O–H groups in total. The molecule has 0 saturated carbocycles. The van der Waals surface area contributed by atoms with Crippen LogP contribution >= 0.6 is 11.6 Å². The smallest absolute Gasteiger partial charge is 0.359 e. The number of carbonyl (C=O) groups is 1. The van der Waals surface area contributed by atoms with Crippen molar-refractivity contribution in [1.29, 1.82) is 0 Å². The fourth-order valence-corrected chi connectivity index (χ4v) is 1.96. The van der Waals surface area contributed by atoms with Crippen molar-refractivity contribution >= 4 is 23.3 Å². The molecule has 0 aromatic carbocycles. The van der Waals surface area contributed by atoms with Gasteiger partial charge in [-0.1, -0.05) is 0 Å². The van der Waals surface area contributed by atoms with Crippen LogP contribution in [0.2, 0.25) is 5.28 Å². The lowest BCUT2D eigenvalue weighted by Gasteiger charge is -2.46. The quantitative estimate of drug-likeness (QED) is 0.617. The normalized spacial score (nSPS) is 16.6. The van der Waals surface area contributed by atoms with Gasteiger partial charge in [-0.05, 0) is 25.4 Å². The van der Waals surface area contributed by atoms with Crippen LogP contribution in [0.25, 0.3) is 0 Å². The van der Waals surface area contributed by atoms with E-state index in [1.54, 1.807) is 6.92 Å². The predicted molar refractivity (Wildman–Crippen MR) is 70.6 cm³/mol. The molecule has 2 heterocycles. The molecule has 0 radical (unpaired) electrons. The molecule has 1 aliphatic rings. The molecule has 0 spiro atoms. The van der Waals surface area contributed by atoms with Gasteiger partial charge in [0.1, 0.15) is 0 Å². The third-order valence-corrected chi connectivity index (χ3v) is 3.39. The molecule has 1 aliphatic heterocycles. The minimum atomic E-state index is -0.502. The minimum absolute atomic E-state index is 0.0233. The highest BCUT2D eigenvalue weighted by molar-refractivity contribution is 6.28. The molecule has 0 amide bonds. The highest BCUT2D eigenvalue weighted by atomic mass is 35.5. The summed E-state index contributed by atoms with van der Waals surface area (Å²) in [5.74, 6) is -0.502. The standard InChI is InChI=1S/C12H16ClN3O3/c1-4-19-10(17)9-8(5-14-11(13)15-9)16(3)12(2)6-18-7-12/h5H,4,6-7H2,1-3H3. The van der Waals surface area contributed by atoms with Crippen LogP contribution in [-0.4, -0.2) is 48.3 Å². The molecule has 6 nitrogen and oxygen atoms in total. The van der Waals surface area contributed by atoms with E-state index in [0.29, 0.717) is 18.9 Å². The number of hydrogen-bond acceptors (Lipinski definition) is 6. The lowest BCUT2D eigenvalue weighted by molar-refractivity contribution is -0.0456. The molecule has 19 heavy (non-hydrogen) atoms. The summed E-state index contributed by atoms with van der Waals surface area (Å²) in [4.78, 5) is 21.8. The second-order valence-corrected chi connectivity index (χ2v) is 4.98. The van der Waals surface area contributed by atoms with Crippen LogP contribution < -0.4 is 4.90 Å². The second-order valence-electron chi connectivity index (χ2n) is 4.64. The van der Waals surface area contributed by atoms with Gasteiger partial charge in [-0.3, -0.25) is 0 Å². The van der Waals surface area contributed by atoms with Crippen molar-refractivity contribution in [3.8, 4) is 0 Å². The number of halogens is 1. The van der Waals surface area contributed by atoms with Gasteiger partial charge in [0.25, 0.3) is 0 Å². The van der Waals surface area contributed by atoms with Crippen LogP contribution in [0.4, 0.5) is 5.69 Å². The average Bonchev–Trinajstić information content (AvgIpc) is 2.35. The zero-order chi connectivity index (χ0) is 14.0. The third-order valence-electron chi connectivity index (χ3n) is 3.21. The summed E-state index contributed by atoms with van der Waals surface area (Å²) in [6, 6.07) is 0. The Labute approximate surface area is 116 Å². The maximum absolute atomic E-state index is 11.9. The van der Waals surface area contributed by atoms with Gasteiger partial charge in [0.2, 0.25) is 5.28 Å². The monoisotopic (exact) mass is 285 g/mol. The molecule has 0 atom stereocenters. The van der Waals surface area contributed by atoms with Crippen molar-refractivity contribution in [3.05, 3.63) is 17.2 Å². The van der Waals surface area contributed by atoms with Crippen LogP contribution in [0.5, 0.6) is 0 Å². The number of hydrogen-bond donors (Lipinski definition) is 0. The molecule has 2 rings (SSSR count). The Hall–Kier alpha value is -1.40. The predicted octanol–water partition coefficient (Wildman–Crippen LogP) is 1.53. The van der Waals surface area contributed by atoms with E-state index >= 15 is 0 Å². The van der Waals surface area contributed by atoms with E-state index in [0.717, 1.165) is 0 Å². The molecule has 1 aromatic rings. The fraction of sp³-hybridized carbons (Fsp3) is 0.583. The molecular formula is C12H16ClN3O3. The molecule has 7 heteroatoms. The van der Waals surface area contributed by atoms with Crippen LogP contribution in [-0.2, 0) is 9.47 Å². The highest BCUT2D eigenvalue weighted by Crippen LogP contribution is 2.30. The van der Waals surface area contributed by atoms with Crippen LogP contribution in [0.15, 0.2) is 6.20 Å². The first kappa shape index (κ1) is 14.0. The third kappa shape index (κ3) is 2.64. The number of carbonyl (C=O) groups excluding carboxylic acids is 1. The topological polar surface area (TPSA) is 64.5 Å². The SMILES string of the molecule is CCOC(=O)c1nc(Cl)ncc1N(C)C1(C)COC1. The number of ether oxygens (including phenoxy) is 2. The van der Waals surface area contributed by atoms with E-state index in [2.05, 4.69) is 9.97 Å². The lowest BCUT2D eigenvalue weighted by Crippen LogP contribution is -2.59. The number of anilines is 1. The van der Waals surface area contributed by atoms with Crippen molar-refractivity contribution in [2.75, 3.05) is 31.8 Å². The van der Waals surface area contributed by atoms with Gasteiger partial charge in [0.05, 0.1) is 37.2 Å². The summed E-state index contributed by atoms with van der Waals surface area (Å²) in [7, 11) is 1.87. The molecule has 1 saturated heterocycles.